The zero-order valence-corrected chi connectivity index (χ0v) is 20.9. The molecule has 1 aromatic carbocycles. The number of ether oxygens (including phenoxy) is 3. The fraction of sp³-hybridized carbons (Fsp3) is 0.423. The number of nitrogens with zero attached hydrogens (tertiary/aromatic N) is 6. The van der Waals surface area contributed by atoms with Crippen molar-refractivity contribution in [3.05, 3.63) is 42.9 Å². The Morgan fingerprint density at radius 2 is 2.06 bits per heavy atom. The first-order valence-electron chi connectivity index (χ1n) is 12.2. The number of rotatable bonds is 7. The average Bonchev–Trinajstić information content (AvgIpc) is 3.53. The minimum atomic E-state index is -0.542. The third-order valence-electron chi connectivity index (χ3n) is 6.18. The van der Waals surface area contributed by atoms with Gasteiger partial charge in [-0.2, -0.15) is 10.2 Å². The van der Waals surface area contributed by atoms with E-state index < -0.39 is 6.04 Å². The van der Waals surface area contributed by atoms with Gasteiger partial charge in [0.15, 0.2) is 12.1 Å². The molecule has 1 fully saturated rings. The largest absolute Gasteiger partial charge is 0.491 e. The average molecular weight is 491 g/mol. The van der Waals surface area contributed by atoms with Crippen molar-refractivity contribution in [2.24, 2.45) is 0 Å². The number of hydrogen-bond acceptors (Lipinski definition) is 8. The lowest BCUT2D eigenvalue weighted by atomic mass is 10.1. The third-order valence-corrected chi connectivity index (χ3v) is 6.18. The van der Waals surface area contributed by atoms with Gasteiger partial charge in [0.1, 0.15) is 17.5 Å². The summed E-state index contributed by atoms with van der Waals surface area (Å²) in [7, 11) is 1.36. The molecule has 0 N–H and O–H groups in total. The van der Waals surface area contributed by atoms with Crippen molar-refractivity contribution in [2.45, 2.75) is 58.4 Å². The first-order valence-corrected chi connectivity index (χ1v) is 12.2. The molecule has 0 saturated carbocycles. The molecule has 36 heavy (non-hydrogen) atoms. The lowest BCUT2D eigenvalue weighted by Gasteiger charge is -2.23. The highest BCUT2D eigenvalue weighted by Gasteiger charge is 2.24. The van der Waals surface area contributed by atoms with E-state index in [0.29, 0.717) is 17.2 Å². The SMILES string of the molecule is COC(=O)C(C)n1cc(-c2ccnc(-c3nn(C4CCCCO4)c4ccc(OC(C)C)cc34)n2)cn1. The Labute approximate surface area is 209 Å². The molecule has 0 aliphatic carbocycles. The Kier molecular flexibility index (Phi) is 6.69. The molecule has 1 aliphatic heterocycles. The summed E-state index contributed by atoms with van der Waals surface area (Å²) >= 11 is 0. The molecule has 0 bridgehead atoms. The second-order valence-electron chi connectivity index (χ2n) is 9.13. The molecule has 2 unspecified atom stereocenters. The van der Waals surface area contributed by atoms with Gasteiger partial charge in [0.2, 0.25) is 0 Å². The highest BCUT2D eigenvalue weighted by molar-refractivity contribution is 5.93. The monoisotopic (exact) mass is 490 g/mol. The zero-order chi connectivity index (χ0) is 25.2. The van der Waals surface area contributed by atoms with Gasteiger partial charge in [-0.3, -0.25) is 4.68 Å². The molecule has 5 rings (SSSR count). The van der Waals surface area contributed by atoms with Crippen molar-refractivity contribution >= 4 is 16.9 Å². The fourth-order valence-electron chi connectivity index (χ4n) is 4.36. The maximum Gasteiger partial charge on any atom is 0.330 e. The number of aromatic nitrogens is 6. The van der Waals surface area contributed by atoms with Crippen LogP contribution in [0.2, 0.25) is 0 Å². The summed E-state index contributed by atoms with van der Waals surface area (Å²) in [6.45, 7) is 6.45. The van der Waals surface area contributed by atoms with Gasteiger partial charge < -0.3 is 14.2 Å². The molecule has 1 aliphatic rings. The van der Waals surface area contributed by atoms with Gasteiger partial charge in [-0.1, -0.05) is 0 Å². The van der Waals surface area contributed by atoms with Crippen LogP contribution in [0.5, 0.6) is 5.75 Å². The number of methoxy groups -OCH3 is 1. The standard InChI is InChI=1S/C26H30N6O4/c1-16(2)36-19-8-9-22-20(13-19)24(30-32(22)23-7-5-6-12-35-23)25-27-11-10-21(29-25)18-14-28-31(15-18)17(3)26(33)34-4/h8-11,13-17,23H,5-7,12H2,1-4H3. The molecule has 10 heteroatoms. The molecule has 3 aromatic heterocycles. The third kappa shape index (κ3) is 4.68. The Morgan fingerprint density at radius 1 is 1.19 bits per heavy atom. The normalized spacial score (nSPS) is 16.9. The number of esters is 1. The number of benzene rings is 1. The topological polar surface area (TPSA) is 106 Å². The predicted octanol–water partition coefficient (Wildman–Crippen LogP) is 4.58. The van der Waals surface area contributed by atoms with Crippen molar-refractivity contribution in [1.82, 2.24) is 29.5 Å². The van der Waals surface area contributed by atoms with Crippen LogP contribution < -0.4 is 4.74 Å². The maximum atomic E-state index is 11.9. The van der Waals surface area contributed by atoms with Crippen molar-refractivity contribution in [1.29, 1.82) is 0 Å². The van der Waals surface area contributed by atoms with Gasteiger partial charge in [-0.25, -0.2) is 19.4 Å². The Bertz CT molecular complexity index is 1370. The van der Waals surface area contributed by atoms with Crippen LogP contribution in [0.25, 0.3) is 33.7 Å². The summed E-state index contributed by atoms with van der Waals surface area (Å²) < 4.78 is 20.3. The highest BCUT2D eigenvalue weighted by atomic mass is 16.5. The summed E-state index contributed by atoms with van der Waals surface area (Å²) in [5, 5.41) is 10.2. The van der Waals surface area contributed by atoms with E-state index in [2.05, 4.69) is 10.1 Å². The van der Waals surface area contributed by atoms with E-state index in [1.807, 2.05) is 42.8 Å². The van der Waals surface area contributed by atoms with Crippen LogP contribution in [-0.4, -0.2) is 55.3 Å². The molecule has 0 radical (unpaired) electrons. The van der Waals surface area contributed by atoms with Gasteiger partial charge in [0.25, 0.3) is 0 Å². The van der Waals surface area contributed by atoms with E-state index in [-0.39, 0.29) is 18.3 Å². The zero-order valence-electron chi connectivity index (χ0n) is 20.9. The molecule has 4 aromatic rings. The van der Waals surface area contributed by atoms with Crippen LogP contribution >= 0.6 is 0 Å². The number of carbonyl (C=O) groups is 1. The van der Waals surface area contributed by atoms with E-state index in [9.17, 15) is 4.79 Å². The van der Waals surface area contributed by atoms with Crippen LogP contribution in [-0.2, 0) is 14.3 Å². The van der Waals surface area contributed by atoms with E-state index >= 15 is 0 Å². The minimum absolute atomic E-state index is 0.0473. The van der Waals surface area contributed by atoms with Gasteiger partial charge in [-0.15, -0.1) is 0 Å². The Balaban J connectivity index is 1.56. The minimum Gasteiger partial charge on any atom is -0.491 e. The second kappa shape index (κ2) is 10.1. The summed E-state index contributed by atoms with van der Waals surface area (Å²) in [6, 6.07) is 7.23. The van der Waals surface area contributed by atoms with Crippen molar-refractivity contribution in [2.75, 3.05) is 13.7 Å². The molecule has 4 heterocycles. The van der Waals surface area contributed by atoms with Crippen LogP contribution in [0.4, 0.5) is 0 Å². The molecule has 2 atom stereocenters. The van der Waals surface area contributed by atoms with Crippen molar-refractivity contribution < 1.29 is 19.0 Å². The van der Waals surface area contributed by atoms with E-state index in [4.69, 9.17) is 24.3 Å². The van der Waals surface area contributed by atoms with Gasteiger partial charge in [0, 0.05) is 30.0 Å². The molecule has 0 spiro atoms. The van der Waals surface area contributed by atoms with Gasteiger partial charge >= 0.3 is 5.97 Å². The van der Waals surface area contributed by atoms with Crippen molar-refractivity contribution in [3.63, 3.8) is 0 Å². The molecular formula is C26H30N6O4. The highest BCUT2D eigenvalue weighted by Crippen LogP contribution is 2.34. The van der Waals surface area contributed by atoms with E-state index in [0.717, 1.165) is 48.1 Å². The van der Waals surface area contributed by atoms with Gasteiger partial charge in [-0.05, 0) is 64.3 Å². The quantitative estimate of drug-likeness (QED) is 0.347. The Hall–Kier alpha value is -3.79. The van der Waals surface area contributed by atoms with Crippen LogP contribution in [0, 0.1) is 0 Å². The fourth-order valence-corrected chi connectivity index (χ4v) is 4.36. The summed E-state index contributed by atoms with van der Waals surface area (Å²) in [5.41, 5.74) is 3.04. The maximum absolute atomic E-state index is 11.9. The smallest absolute Gasteiger partial charge is 0.330 e. The number of carbonyl (C=O) groups excluding carboxylic acids is 1. The molecule has 0 amide bonds. The van der Waals surface area contributed by atoms with Crippen LogP contribution in [0.15, 0.2) is 42.9 Å². The molecule has 1 saturated heterocycles. The lowest BCUT2D eigenvalue weighted by Crippen LogP contribution is -2.19. The van der Waals surface area contributed by atoms with Crippen molar-refractivity contribution in [3.8, 4) is 28.5 Å². The first-order chi connectivity index (χ1) is 17.4. The van der Waals surface area contributed by atoms with Gasteiger partial charge in [0.05, 0.1) is 30.6 Å². The summed E-state index contributed by atoms with van der Waals surface area (Å²) in [4.78, 5) is 21.3. The number of hydrogen-bond donors (Lipinski definition) is 0. The van der Waals surface area contributed by atoms with Crippen LogP contribution in [0.1, 0.15) is 52.3 Å². The van der Waals surface area contributed by atoms with Crippen LogP contribution in [0.3, 0.4) is 0 Å². The predicted molar refractivity (Wildman–Crippen MR) is 133 cm³/mol. The summed E-state index contributed by atoms with van der Waals surface area (Å²) in [5.74, 6) is 0.883. The second-order valence-corrected chi connectivity index (χ2v) is 9.13. The molecule has 188 valence electrons. The Morgan fingerprint density at radius 3 is 2.81 bits per heavy atom. The summed E-state index contributed by atoms with van der Waals surface area (Å²) in [6.07, 6.45) is 8.12. The lowest BCUT2D eigenvalue weighted by molar-refractivity contribution is -0.144. The number of fused-ring (bicyclic) bond motifs is 1. The molecular weight excluding hydrogens is 460 g/mol. The first kappa shape index (κ1) is 23.9. The van der Waals surface area contributed by atoms with E-state index in [1.54, 1.807) is 30.2 Å². The molecule has 10 nitrogen and oxygen atoms in total. The van der Waals surface area contributed by atoms with E-state index in [1.165, 1.54) is 7.11 Å².